The van der Waals surface area contributed by atoms with Crippen molar-refractivity contribution >= 4 is 0 Å². The Bertz CT molecular complexity index is 865. The van der Waals surface area contributed by atoms with E-state index in [0.717, 1.165) is 28.0 Å². The van der Waals surface area contributed by atoms with Gasteiger partial charge in [-0.1, -0.05) is 30.3 Å². The van der Waals surface area contributed by atoms with Crippen LogP contribution in [0.4, 0.5) is 4.39 Å². The van der Waals surface area contributed by atoms with Crippen molar-refractivity contribution in [3.63, 3.8) is 0 Å². The molecule has 0 atom stereocenters. The lowest BCUT2D eigenvalue weighted by molar-refractivity contribution is -0.687. The topological polar surface area (TPSA) is 22.3 Å². The van der Waals surface area contributed by atoms with Gasteiger partial charge in [0.1, 0.15) is 11.6 Å². The Morgan fingerprint density at radius 1 is 1.00 bits per heavy atom. The Morgan fingerprint density at radius 3 is 2.71 bits per heavy atom. The van der Waals surface area contributed by atoms with Crippen molar-refractivity contribution in [2.45, 2.75) is 13.2 Å². The van der Waals surface area contributed by atoms with Crippen molar-refractivity contribution in [1.82, 2.24) is 0 Å². The fourth-order valence-corrected chi connectivity index (χ4v) is 2.99. The van der Waals surface area contributed by atoms with E-state index in [1.807, 2.05) is 35.0 Å². The van der Waals surface area contributed by atoms with Gasteiger partial charge in [0.25, 0.3) is 0 Å². The van der Waals surface area contributed by atoms with Crippen molar-refractivity contribution < 1.29 is 18.4 Å². The first-order valence-corrected chi connectivity index (χ1v) is 7.86. The molecule has 0 bridgehead atoms. The highest BCUT2D eigenvalue weighted by Crippen LogP contribution is 2.29. The average molecular weight is 322 g/mol. The second kappa shape index (κ2) is 6.42. The summed E-state index contributed by atoms with van der Waals surface area (Å²) in [6.07, 6.45) is 4.04. The SMILES string of the molecule is Fc1cc2c(c(C[n+]3cccc(-c4ccccc4)c3)c1)OCOC2. The lowest BCUT2D eigenvalue weighted by Crippen LogP contribution is -2.34. The van der Waals surface area contributed by atoms with Crippen LogP contribution in [0.1, 0.15) is 11.1 Å². The molecule has 4 heteroatoms. The van der Waals surface area contributed by atoms with Gasteiger partial charge in [-0.15, -0.1) is 0 Å². The Labute approximate surface area is 139 Å². The molecule has 0 saturated carbocycles. The molecule has 0 unspecified atom stereocenters. The van der Waals surface area contributed by atoms with Gasteiger partial charge in [0.15, 0.2) is 25.7 Å². The average Bonchev–Trinajstić information content (AvgIpc) is 2.62. The Hall–Kier alpha value is -2.72. The van der Waals surface area contributed by atoms with Gasteiger partial charge in [-0.3, -0.25) is 0 Å². The molecule has 120 valence electrons. The standard InChI is InChI=1S/C20H17FNO2/c21-19-9-17(20-18(10-19)13-23-14-24-20)12-22-8-4-7-16(11-22)15-5-2-1-3-6-15/h1-11H,12-14H2/q+1. The van der Waals surface area contributed by atoms with Crippen LogP contribution in [-0.2, 0) is 17.9 Å². The van der Waals surface area contributed by atoms with E-state index in [1.54, 1.807) is 0 Å². The van der Waals surface area contributed by atoms with Crippen LogP contribution in [0.5, 0.6) is 5.75 Å². The lowest BCUT2D eigenvalue weighted by Gasteiger charge is -2.19. The van der Waals surface area contributed by atoms with E-state index >= 15 is 0 Å². The zero-order valence-corrected chi connectivity index (χ0v) is 13.1. The highest BCUT2D eigenvalue weighted by molar-refractivity contribution is 5.61. The van der Waals surface area contributed by atoms with E-state index in [0.29, 0.717) is 13.2 Å². The fourth-order valence-electron chi connectivity index (χ4n) is 2.99. The van der Waals surface area contributed by atoms with Crippen LogP contribution in [0, 0.1) is 5.82 Å². The predicted octanol–water partition coefficient (Wildman–Crippen LogP) is 3.70. The third-order valence-electron chi connectivity index (χ3n) is 4.07. The number of nitrogens with zero attached hydrogens (tertiary/aromatic N) is 1. The number of fused-ring (bicyclic) bond motifs is 1. The number of rotatable bonds is 3. The first kappa shape index (κ1) is 14.8. The van der Waals surface area contributed by atoms with Gasteiger partial charge in [-0.2, -0.15) is 0 Å². The van der Waals surface area contributed by atoms with Crippen LogP contribution in [0.3, 0.4) is 0 Å². The van der Waals surface area contributed by atoms with Crippen LogP contribution < -0.4 is 9.30 Å². The molecule has 2 heterocycles. The Kier molecular flexibility index (Phi) is 3.97. The summed E-state index contributed by atoms with van der Waals surface area (Å²) in [4.78, 5) is 0. The summed E-state index contributed by atoms with van der Waals surface area (Å²) in [5.41, 5.74) is 3.85. The van der Waals surface area contributed by atoms with E-state index < -0.39 is 0 Å². The van der Waals surface area contributed by atoms with Crippen molar-refractivity contribution in [3.05, 3.63) is 83.9 Å². The lowest BCUT2D eigenvalue weighted by atomic mass is 10.1. The zero-order valence-electron chi connectivity index (χ0n) is 13.1. The molecule has 1 aliphatic rings. The molecule has 0 amide bonds. The van der Waals surface area contributed by atoms with Crippen LogP contribution in [0.2, 0.25) is 0 Å². The summed E-state index contributed by atoms with van der Waals surface area (Å²) in [5.74, 6) is 0.470. The van der Waals surface area contributed by atoms with Gasteiger partial charge >= 0.3 is 0 Å². The van der Waals surface area contributed by atoms with Crippen molar-refractivity contribution in [2.75, 3.05) is 6.79 Å². The molecule has 3 aromatic rings. The third-order valence-corrected chi connectivity index (χ3v) is 4.07. The summed E-state index contributed by atoms with van der Waals surface area (Å²) in [6, 6.07) is 17.3. The molecule has 0 N–H and O–H groups in total. The maximum atomic E-state index is 13.9. The number of halogens is 1. The first-order valence-electron chi connectivity index (χ1n) is 7.86. The second-order valence-electron chi connectivity index (χ2n) is 5.79. The van der Waals surface area contributed by atoms with E-state index in [2.05, 4.69) is 24.4 Å². The minimum Gasteiger partial charge on any atom is -0.467 e. The second-order valence-corrected chi connectivity index (χ2v) is 5.79. The number of ether oxygens (including phenoxy) is 2. The van der Waals surface area contributed by atoms with Crippen molar-refractivity contribution in [1.29, 1.82) is 0 Å². The highest BCUT2D eigenvalue weighted by Gasteiger charge is 2.19. The summed E-state index contributed by atoms with van der Waals surface area (Å²) in [6.45, 7) is 1.13. The van der Waals surface area contributed by atoms with Crippen LogP contribution >= 0.6 is 0 Å². The van der Waals surface area contributed by atoms with Gasteiger partial charge in [0.05, 0.1) is 12.2 Å². The summed E-state index contributed by atoms with van der Waals surface area (Å²) >= 11 is 0. The van der Waals surface area contributed by atoms with Gasteiger partial charge < -0.3 is 9.47 Å². The van der Waals surface area contributed by atoms with Gasteiger partial charge in [-0.25, -0.2) is 8.96 Å². The molecule has 0 fully saturated rings. The Balaban J connectivity index is 1.68. The molecule has 0 radical (unpaired) electrons. The van der Waals surface area contributed by atoms with Gasteiger partial charge in [-0.05, 0) is 23.8 Å². The minimum atomic E-state index is -0.266. The molecular weight excluding hydrogens is 305 g/mol. The van der Waals surface area contributed by atoms with Gasteiger partial charge in [0.2, 0.25) is 0 Å². The largest absolute Gasteiger partial charge is 0.467 e. The molecule has 2 aromatic carbocycles. The maximum Gasteiger partial charge on any atom is 0.189 e. The molecule has 1 aliphatic heterocycles. The monoisotopic (exact) mass is 322 g/mol. The van der Waals surface area contributed by atoms with E-state index in [-0.39, 0.29) is 12.6 Å². The molecular formula is C20H17FNO2+. The zero-order chi connectivity index (χ0) is 16.4. The first-order chi connectivity index (χ1) is 11.8. The van der Waals surface area contributed by atoms with Crippen molar-refractivity contribution in [2.24, 2.45) is 0 Å². The predicted molar refractivity (Wildman–Crippen MR) is 87.9 cm³/mol. The summed E-state index contributed by atoms with van der Waals surface area (Å²) in [7, 11) is 0. The van der Waals surface area contributed by atoms with E-state index in [4.69, 9.17) is 9.47 Å². The fraction of sp³-hybridized carbons (Fsp3) is 0.150. The van der Waals surface area contributed by atoms with Crippen LogP contribution in [0.25, 0.3) is 11.1 Å². The normalized spacial score (nSPS) is 13.2. The van der Waals surface area contributed by atoms with E-state index in [9.17, 15) is 4.39 Å². The van der Waals surface area contributed by atoms with Crippen LogP contribution in [-0.4, -0.2) is 6.79 Å². The number of benzene rings is 2. The summed E-state index contributed by atoms with van der Waals surface area (Å²) < 4.78 is 26.8. The quantitative estimate of drug-likeness (QED) is 0.686. The van der Waals surface area contributed by atoms with E-state index in [1.165, 1.54) is 12.1 Å². The number of hydrogen-bond donors (Lipinski definition) is 0. The number of pyridine rings is 1. The van der Waals surface area contributed by atoms with Crippen molar-refractivity contribution in [3.8, 4) is 16.9 Å². The molecule has 1 aromatic heterocycles. The van der Waals surface area contributed by atoms with Crippen LogP contribution in [0.15, 0.2) is 67.0 Å². The molecule has 0 saturated heterocycles. The Morgan fingerprint density at radius 2 is 1.83 bits per heavy atom. The molecule has 4 rings (SSSR count). The molecule has 3 nitrogen and oxygen atoms in total. The number of aromatic nitrogens is 1. The van der Waals surface area contributed by atoms with Gasteiger partial charge in [0, 0.05) is 17.2 Å². The molecule has 24 heavy (non-hydrogen) atoms. The molecule has 0 aliphatic carbocycles. The molecule has 0 spiro atoms. The number of hydrogen-bond acceptors (Lipinski definition) is 2. The minimum absolute atomic E-state index is 0.209. The summed E-state index contributed by atoms with van der Waals surface area (Å²) in [5, 5.41) is 0. The maximum absolute atomic E-state index is 13.9. The highest BCUT2D eigenvalue weighted by atomic mass is 19.1. The smallest absolute Gasteiger partial charge is 0.189 e. The third kappa shape index (κ3) is 3.01.